The fraction of sp³-hybridized carbons (Fsp3) is 0.176. The van der Waals surface area contributed by atoms with Gasteiger partial charge in [-0.05, 0) is 36.8 Å². The number of ether oxygens (including phenoxy) is 1. The molecule has 1 heterocycles. The van der Waals surface area contributed by atoms with Gasteiger partial charge in [-0.15, -0.1) is 4.40 Å². The molecule has 8 heteroatoms. The van der Waals surface area contributed by atoms with Gasteiger partial charge in [0.1, 0.15) is 11.6 Å². The lowest BCUT2D eigenvalue weighted by Crippen LogP contribution is -2.19. The van der Waals surface area contributed by atoms with Crippen molar-refractivity contribution in [3.8, 4) is 5.75 Å². The number of benzene rings is 2. The standard InChI is InChI=1S/C17H17N3O3S2/c1-13-18-24-17(20(13)12-14-6-4-3-5-7-14)19-25(21,22)16-10-8-15(23-2)9-11-16/h3-11H,12H2,1-2H3/b19-17-. The van der Waals surface area contributed by atoms with Crippen molar-refractivity contribution >= 4 is 21.6 Å². The molecule has 0 aliphatic rings. The van der Waals surface area contributed by atoms with E-state index in [0.29, 0.717) is 17.1 Å². The summed E-state index contributed by atoms with van der Waals surface area (Å²) in [6, 6.07) is 15.9. The second-order valence-corrected chi connectivity index (χ2v) is 7.66. The van der Waals surface area contributed by atoms with Crippen LogP contribution in [-0.2, 0) is 16.6 Å². The van der Waals surface area contributed by atoms with Crippen molar-refractivity contribution in [2.45, 2.75) is 18.4 Å². The third kappa shape index (κ3) is 3.97. The summed E-state index contributed by atoms with van der Waals surface area (Å²) in [5.41, 5.74) is 1.05. The number of nitrogens with zero attached hydrogens (tertiary/aromatic N) is 3. The molecule has 0 amide bonds. The molecule has 0 unspecified atom stereocenters. The first kappa shape index (κ1) is 17.4. The van der Waals surface area contributed by atoms with Crippen molar-refractivity contribution < 1.29 is 13.2 Å². The molecule has 0 bridgehead atoms. The maximum absolute atomic E-state index is 12.6. The van der Waals surface area contributed by atoms with Crippen molar-refractivity contribution in [3.05, 3.63) is 70.8 Å². The van der Waals surface area contributed by atoms with E-state index < -0.39 is 10.0 Å². The van der Waals surface area contributed by atoms with Gasteiger partial charge in [-0.2, -0.15) is 12.8 Å². The van der Waals surface area contributed by atoms with Gasteiger partial charge < -0.3 is 4.74 Å². The van der Waals surface area contributed by atoms with Crippen molar-refractivity contribution in [1.82, 2.24) is 8.94 Å². The topological polar surface area (TPSA) is 73.6 Å². The molecule has 0 atom stereocenters. The summed E-state index contributed by atoms with van der Waals surface area (Å²) in [6.45, 7) is 2.35. The Balaban J connectivity index is 2.00. The van der Waals surface area contributed by atoms with E-state index in [1.165, 1.54) is 19.2 Å². The average molecular weight is 375 g/mol. The van der Waals surface area contributed by atoms with Crippen molar-refractivity contribution in [3.63, 3.8) is 0 Å². The first-order chi connectivity index (χ1) is 12.0. The van der Waals surface area contributed by atoms with Gasteiger partial charge in [-0.3, -0.25) is 4.57 Å². The summed E-state index contributed by atoms with van der Waals surface area (Å²) in [5, 5.41) is 0. The number of sulfonamides is 1. The van der Waals surface area contributed by atoms with Gasteiger partial charge in [0.15, 0.2) is 0 Å². The van der Waals surface area contributed by atoms with Gasteiger partial charge in [0.2, 0.25) is 4.80 Å². The van der Waals surface area contributed by atoms with Crippen LogP contribution >= 0.6 is 11.5 Å². The summed E-state index contributed by atoms with van der Waals surface area (Å²) >= 11 is 1.07. The minimum absolute atomic E-state index is 0.116. The third-order valence-electron chi connectivity index (χ3n) is 3.62. The molecule has 0 spiro atoms. The van der Waals surface area contributed by atoms with E-state index in [9.17, 15) is 8.42 Å². The predicted octanol–water partition coefficient (Wildman–Crippen LogP) is 2.60. The summed E-state index contributed by atoms with van der Waals surface area (Å²) in [5.74, 6) is 1.31. The second kappa shape index (κ2) is 7.20. The molecule has 0 saturated carbocycles. The van der Waals surface area contributed by atoms with Crippen molar-refractivity contribution in [2.75, 3.05) is 7.11 Å². The molecule has 3 rings (SSSR count). The van der Waals surface area contributed by atoms with Crippen LogP contribution in [0.4, 0.5) is 0 Å². The molecule has 0 aliphatic heterocycles. The quantitative estimate of drug-likeness (QED) is 0.687. The zero-order valence-electron chi connectivity index (χ0n) is 13.8. The number of methoxy groups -OCH3 is 1. The summed E-state index contributed by atoms with van der Waals surface area (Å²) in [6.07, 6.45) is 0. The van der Waals surface area contributed by atoms with Crippen LogP contribution in [-0.4, -0.2) is 24.5 Å². The largest absolute Gasteiger partial charge is 0.497 e. The van der Waals surface area contributed by atoms with E-state index >= 15 is 0 Å². The Morgan fingerprint density at radius 2 is 1.80 bits per heavy atom. The fourth-order valence-electron chi connectivity index (χ4n) is 2.26. The number of hydrogen-bond donors (Lipinski definition) is 0. The Morgan fingerprint density at radius 1 is 1.12 bits per heavy atom. The number of hydrogen-bond acceptors (Lipinski definition) is 5. The van der Waals surface area contributed by atoms with Gasteiger partial charge in [0.25, 0.3) is 10.0 Å². The number of aromatic nitrogens is 2. The van der Waals surface area contributed by atoms with E-state index in [1.54, 1.807) is 16.7 Å². The first-order valence-corrected chi connectivity index (χ1v) is 9.73. The monoisotopic (exact) mass is 375 g/mol. The molecule has 3 aromatic rings. The molecular formula is C17H17N3O3S2. The average Bonchev–Trinajstić information content (AvgIpc) is 2.95. The molecular weight excluding hydrogens is 358 g/mol. The number of rotatable bonds is 5. The van der Waals surface area contributed by atoms with Gasteiger partial charge in [0, 0.05) is 11.5 Å². The smallest absolute Gasteiger partial charge is 0.285 e. The molecule has 6 nitrogen and oxygen atoms in total. The van der Waals surface area contributed by atoms with Crippen LogP contribution in [0.5, 0.6) is 5.75 Å². The molecule has 2 aromatic carbocycles. The van der Waals surface area contributed by atoms with Crippen LogP contribution in [0.1, 0.15) is 11.4 Å². The highest BCUT2D eigenvalue weighted by Crippen LogP contribution is 2.17. The number of aryl methyl sites for hydroxylation is 1. The molecule has 1 aromatic heterocycles. The second-order valence-electron chi connectivity index (χ2n) is 5.33. The summed E-state index contributed by atoms with van der Waals surface area (Å²) in [7, 11) is -2.29. The molecule has 0 N–H and O–H groups in total. The third-order valence-corrected chi connectivity index (χ3v) is 5.85. The first-order valence-electron chi connectivity index (χ1n) is 7.52. The minimum Gasteiger partial charge on any atom is -0.497 e. The van der Waals surface area contributed by atoms with Crippen LogP contribution in [0.25, 0.3) is 0 Å². The van der Waals surface area contributed by atoms with Crippen LogP contribution in [0, 0.1) is 6.92 Å². The molecule has 0 radical (unpaired) electrons. The van der Waals surface area contributed by atoms with E-state index in [1.807, 2.05) is 37.3 Å². The van der Waals surface area contributed by atoms with E-state index in [-0.39, 0.29) is 4.90 Å². The van der Waals surface area contributed by atoms with E-state index in [0.717, 1.165) is 22.9 Å². The molecule has 0 aliphatic carbocycles. The van der Waals surface area contributed by atoms with Gasteiger partial charge in [-0.25, -0.2) is 0 Å². The van der Waals surface area contributed by atoms with Gasteiger partial charge in [0.05, 0.1) is 18.6 Å². The molecule has 25 heavy (non-hydrogen) atoms. The molecule has 0 saturated heterocycles. The lowest BCUT2D eigenvalue weighted by atomic mass is 10.2. The van der Waals surface area contributed by atoms with E-state index in [4.69, 9.17) is 4.74 Å². The maximum Gasteiger partial charge on any atom is 0.285 e. The minimum atomic E-state index is -3.82. The highest BCUT2D eigenvalue weighted by molar-refractivity contribution is 7.90. The Bertz CT molecular complexity index is 1020. The predicted molar refractivity (Wildman–Crippen MR) is 96.1 cm³/mol. The van der Waals surface area contributed by atoms with Gasteiger partial charge in [-0.1, -0.05) is 30.3 Å². The summed E-state index contributed by atoms with van der Waals surface area (Å²) < 4.78 is 40.2. The molecule has 130 valence electrons. The Hall–Kier alpha value is -2.45. The van der Waals surface area contributed by atoms with Crippen LogP contribution in [0.3, 0.4) is 0 Å². The zero-order valence-corrected chi connectivity index (χ0v) is 15.4. The highest BCUT2D eigenvalue weighted by atomic mass is 32.2. The van der Waals surface area contributed by atoms with Crippen molar-refractivity contribution in [2.24, 2.45) is 4.40 Å². The fourth-order valence-corrected chi connectivity index (χ4v) is 4.19. The lowest BCUT2D eigenvalue weighted by molar-refractivity contribution is 0.414. The highest BCUT2D eigenvalue weighted by Gasteiger charge is 2.14. The molecule has 0 fully saturated rings. The lowest BCUT2D eigenvalue weighted by Gasteiger charge is -2.05. The van der Waals surface area contributed by atoms with Crippen molar-refractivity contribution in [1.29, 1.82) is 0 Å². The van der Waals surface area contributed by atoms with Crippen LogP contribution < -0.4 is 9.54 Å². The summed E-state index contributed by atoms with van der Waals surface area (Å²) in [4.78, 5) is 0.461. The Kier molecular flexibility index (Phi) is 5.00. The SMILES string of the molecule is COc1ccc(S(=O)(=O)/N=c2\snc(C)n2Cc2ccccc2)cc1. The van der Waals surface area contributed by atoms with E-state index in [2.05, 4.69) is 8.77 Å². The Morgan fingerprint density at radius 3 is 2.44 bits per heavy atom. The van der Waals surface area contributed by atoms with Crippen LogP contribution in [0.15, 0.2) is 63.9 Å². The normalized spacial score (nSPS) is 12.3. The zero-order chi connectivity index (χ0) is 17.9. The maximum atomic E-state index is 12.6. The Labute approximate surface area is 150 Å². The van der Waals surface area contributed by atoms with Crippen LogP contribution in [0.2, 0.25) is 0 Å². The van der Waals surface area contributed by atoms with Gasteiger partial charge >= 0.3 is 0 Å².